The summed E-state index contributed by atoms with van der Waals surface area (Å²) in [5.74, 6) is -2.29. The first-order chi connectivity index (χ1) is 19.3. The van der Waals surface area contributed by atoms with Gasteiger partial charge in [-0.1, -0.05) is 24.8 Å². The van der Waals surface area contributed by atoms with Gasteiger partial charge >= 0.3 is 0 Å². The van der Waals surface area contributed by atoms with Crippen LogP contribution < -0.4 is 15.5 Å². The van der Waals surface area contributed by atoms with E-state index in [2.05, 4.69) is 37.1 Å². The van der Waals surface area contributed by atoms with Gasteiger partial charge < -0.3 is 20.6 Å². The number of aromatic nitrogens is 3. The van der Waals surface area contributed by atoms with Gasteiger partial charge in [0.05, 0.1) is 34.4 Å². The number of pyridine rings is 1. The average Bonchev–Trinajstić information content (AvgIpc) is 2.96. The van der Waals surface area contributed by atoms with Crippen LogP contribution in [0.2, 0.25) is 0 Å². The number of nitrogens with zero attached hydrogens (tertiary/aromatic N) is 5. The van der Waals surface area contributed by atoms with Crippen molar-refractivity contribution in [3.8, 4) is 11.3 Å². The maximum atomic E-state index is 15.2. The van der Waals surface area contributed by atoms with E-state index in [1.165, 1.54) is 12.1 Å². The fourth-order valence-corrected chi connectivity index (χ4v) is 4.76. The second-order valence-electron chi connectivity index (χ2n) is 9.55. The minimum Gasteiger partial charge on any atom is -0.392 e. The van der Waals surface area contributed by atoms with E-state index in [1.807, 2.05) is 12.1 Å². The van der Waals surface area contributed by atoms with Gasteiger partial charge in [0.1, 0.15) is 0 Å². The number of hydrogen-bond donors (Lipinski definition) is 3. The van der Waals surface area contributed by atoms with Gasteiger partial charge in [0.15, 0.2) is 11.6 Å². The number of benzene rings is 2. The van der Waals surface area contributed by atoms with Gasteiger partial charge in [-0.05, 0) is 37.3 Å². The van der Waals surface area contributed by atoms with Crippen LogP contribution in [0.15, 0.2) is 67.5 Å². The van der Waals surface area contributed by atoms with Crippen LogP contribution in [0.3, 0.4) is 0 Å². The minimum atomic E-state index is -1.03. The van der Waals surface area contributed by atoms with Crippen molar-refractivity contribution in [3.05, 3.63) is 79.1 Å². The quantitative estimate of drug-likeness (QED) is 0.281. The van der Waals surface area contributed by atoms with E-state index >= 15 is 8.78 Å². The predicted molar refractivity (Wildman–Crippen MR) is 152 cm³/mol. The molecule has 3 N–H and O–H groups in total. The number of hydrogen-bond acceptors (Lipinski definition) is 8. The summed E-state index contributed by atoms with van der Waals surface area (Å²) in [5.41, 5.74) is 2.19. The molecule has 1 aliphatic heterocycles. The second-order valence-corrected chi connectivity index (χ2v) is 9.55. The van der Waals surface area contributed by atoms with Crippen molar-refractivity contribution in [2.75, 3.05) is 48.3 Å². The molecule has 1 aliphatic rings. The Morgan fingerprint density at radius 2 is 1.88 bits per heavy atom. The minimum absolute atomic E-state index is 0.0744. The lowest BCUT2D eigenvalue weighted by atomic mass is 10.1. The number of nitrogens with one attached hydrogen (secondary N) is 2. The SMILES string of the molecule is C=CC(=O)Nc1cccnc1-c1cccc2cnc(Nc3ccc(N4CCN(CC(C)O)CC4)c(F)c3F)nc12. The van der Waals surface area contributed by atoms with Gasteiger partial charge in [-0.15, -0.1) is 0 Å². The number of anilines is 4. The van der Waals surface area contributed by atoms with E-state index in [0.717, 1.165) is 0 Å². The van der Waals surface area contributed by atoms with Crippen LogP contribution in [0.4, 0.5) is 31.8 Å². The van der Waals surface area contributed by atoms with Gasteiger partial charge in [0, 0.05) is 56.1 Å². The number of piperazine rings is 1. The molecular formula is C29H29F2N7O2. The van der Waals surface area contributed by atoms with E-state index in [-0.39, 0.29) is 23.2 Å². The highest BCUT2D eigenvalue weighted by atomic mass is 19.2. The molecule has 1 atom stereocenters. The van der Waals surface area contributed by atoms with Gasteiger partial charge in [-0.3, -0.25) is 14.7 Å². The summed E-state index contributed by atoms with van der Waals surface area (Å²) in [7, 11) is 0. The zero-order valence-corrected chi connectivity index (χ0v) is 21.9. The molecule has 0 saturated carbocycles. The molecule has 1 unspecified atom stereocenters. The molecule has 11 heteroatoms. The lowest BCUT2D eigenvalue weighted by Crippen LogP contribution is -2.48. The zero-order chi connectivity index (χ0) is 28.2. The summed E-state index contributed by atoms with van der Waals surface area (Å²) in [6.07, 6.45) is 3.91. The molecule has 0 radical (unpaired) electrons. The number of aliphatic hydroxyl groups is 1. The van der Waals surface area contributed by atoms with Crippen molar-refractivity contribution in [1.29, 1.82) is 0 Å². The van der Waals surface area contributed by atoms with Crippen LogP contribution in [-0.4, -0.2) is 69.7 Å². The maximum absolute atomic E-state index is 15.2. The lowest BCUT2D eigenvalue weighted by molar-refractivity contribution is -0.111. The molecule has 0 bridgehead atoms. The zero-order valence-electron chi connectivity index (χ0n) is 21.9. The number of carbonyl (C=O) groups is 1. The molecule has 4 aromatic rings. The van der Waals surface area contributed by atoms with Crippen LogP contribution in [0.25, 0.3) is 22.2 Å². The monoisotopic (exact) mass is 545 g/mol. The normalized spacial score (nSPS) is 14.7. The topological polar surface area (TPSA) is 107 Å². The van der Waals surface area contributed by atoms with E-state index in [9.17, 15) is 9.90 Å². The number of β-amino-alcohol motifs (C(OH)–C–C–N with tert-alkyl or cyclic N) is 1. The van der Waals surface area contributed by atoms with E-state index < -0.39 is 17.7 Å². The second kappa shape index (κ2) is 11.7. The molecule has 206 valence electrons. The van der Waals surface area contributed by atoms with Crippen molar-refractivity contribution in [3.63, 3.8) is 0 Å². The van der Waals surface area contributed by atoms with Crippen LogP contribution in [0.1, 0.15) is 6.92 Å². The smallest absolute Gasteiger partial charge is 0.247 e. The Morgan fingerprint density at radius 3 is 2.62 bits per heavy atom. The Hall–Kier alpha value is -4.48. The number of carbonyl (C=O) groups excluding carboxylic acids is 1. The Kier molecular flexibility index (Phi) is 7.94. The summed E-state index contributed by atoms with van der Waals surface area (Å²) in [6.45, 7) is 8.10. The molecule has 2 aromatic carbocycles. The third kappa shape index (κ3) is 5.75. The molecule has 9 nitrogen and oxygen atoms in total. The fraction of sp³-hybridized carbons (Fsp3) is 0.241. The molecule has 5 rings (SSSR count). The van der Waals surface area contributed by atoms with Crippen molar-refractivity contribution in [1.82, 2.24) is 19.9 Å². The molecule has 1 amide bonds. The highest BCUT2D eigenvalue weighted by Gasteiger charge is 2.23. The largest absolute Gasteiger partial charge is 0.392 e. The Labute approximate surface area is 230 Å². The molecule has 2 aromatic heterocycles. The summed E-state index contributed by atoms with van der Waals surface area (Å²) >= 11 is 0. The average molecular weight is 546 g/mol. The number of amides is 1. The Morgan fingerprint density at radius 1 is 1.07 bits per heavy atom. The molecule has 0 aliphatic carbocycles. The summed E-state index contributed by atoms with van der Waals surface area (Å²) in [4.78, 5) is 29.2. The number of aliphatic hydroxyl groups excluding tert-OH is 1. The number of halogens is 2. The first-order valence-corrected chi connectivity index (χ1v) is 12.9. The van der Waals surface area contributed by atoms with E-state index in [0.29, 0.717) is 60.6 Å². The van der Waals surface area contributed by atoms with Crippen molar-refractivity contribution < 1.29 is 18.7 Å². The highest BCUT2D eigenvalue weighted by Crippen LogP contribution is 2.33. The van der Waals surface area contributed by atoms with E-state index in [1.54, 1.807) is 48.5 Å². The van der Waals surface area contributed by atoms with Gasteiger partial charge in [-0.25, -0.2) is 18.7 Å². The number of rotatable bonds is 8. The third-order valence-corrected chi connectivity index (χ3v) is 6.66. The van der Waals surface area contributed by atoms with Crippen LogP contribution in [0, 0.1) is 11.6 Å². The van der Waals surface area contributed by atoms with Crippen molar-refractivity contribution >= 4 is 39.8 Å². The number of fused-ring (bicyclic) bond motifs is 1. The maximum Gasteiger partial charge on any atom is 0.247 e. The summed E-state index contributed by atoms with van der Waals surface area (Å²) in [6, 6.07) is 11.9. The summed E-state index contributed by atoms with van der Waals surface area (Å²) < 4.78 is 30.4. The predicted octanol–water partition coefficient (Wildman–Crippen LogP) is 4.34. The van der Waals surface area contributed by atoms with Crippen molar-refractivity contribution in [2.24, 2.45) is 0 Å². The van der Waals surface area contributed by atoms with Crippen LogP contribution in [-0.2, 0) is 4.79 Å². The van der Waals surface area contributed by atoms with Crippen LogP contribution in [0.5, 0.6) is 0 Å². The third-order valence-electron chi connectivity index (χ3n) is 6.66. The lowest BCUT2D eigenvalue weighted by Gasteiger charge is -2.36. The molecule has 3 heterocycles. The Balaban J connectivity index is 1.41. The first kappa shape index (κ1) is 27.1. The van der Waals surface area contributed by atoms with Gasteiger partial charge in [0.25, 0.3) is 0 Å². The molecular weight excluding hydrogens is 516 g/mol. The molecule has 0 spiro atoms. The summed E-state index contributed by atoms with van der Waals surface area (Å²) in [5, 5.41) is 15.9. The van der Waals surface area contributed by atoms with E-state index in [4.69, 9.17) is 0 Å². The molecule has 1 saturated heterocycles. The fourth-order valence-electron chi connectivity index (χ4n) is 4.76. The van der Waals surface area contributed by atoms with Crippen molar-refractivity contribution in [2.45, 2.75) is 13.0 Å². The Bertz CT molecular complexity index is 1560. The molecule has 1 fully saturated rings. The van der Waals surface area contributed by atoms with Gasteiger partial charge in [0.2, 0.25) is 11.9 Å². The standard InChI is InChI=1S/C29H29F2N7O2/c1-3-24(40)34-22-8-5-11-32-28(22)20-7-4-6-19-16-33-29(36-27(19)20)35-21-9-10-23(26(31)25(21)30)38-14-12-37(13-15-38)17-18(2)39/h3-11,16,18,39H,1,12-15,17H2,2H3,(H,34,40)(H,33,35,36). The van der Waals surface area contributed by atoms with Gasteiger partial charge in [-0.2, -0.15) is 0 Å². The molecule has 40 heavy (non-hydrogen) atoms. The highest BCUT2D eigenvalue weighted by molar-refractivity contribution is 6.03. The first-order valence-electron chi connectivity index (χ1n) is 12.9. The van der Waals surface area contributed by atoms with Crippen LogP contribution >= 0.6 is 0 Å². The number of para-hydroxylation sites is 1.